The second-order valence-electron chi connectivity index (χ2n) is 6.44. The van der Waals surface area contributed by atoms with Gasteiger partial charge in [0.05, 0.1) is 13.2 Å². The molecule has 0 radical (unpaired) electrons. The minimum absolute atomic E-state index is 0. The Kier molecular flexibility index (Phi) is 10.4. The zero-order chi connectivity index (χ0) is 19.0. The lowest BCUT2D eigenvalue weighted by molar-refractivity contribution is -0.176. The third-order valence-electron chi connectivity index (χ3n) is 4.11. The van der Waals surface area contributed by atoms with Crippen molar-refractivity contribution in [3.05, 3.63) is 35.4 Å². The summed E-state index contributed by atoms with van der Waals surface area (Å²) in [6.45, 7) is 1.69. The van der Waals surface area contributed by atoms with Crippen molar-refractivity contribution in [3.63, 3.8) is 0 Å². The topological polar surface area (TPSA) is 46.1 Å². The van der Waals surface area contributed by atoms with E-state index in [-0.39, 0.29) is 30.6 Å². The van der Waals surface area contributed by atoms with Crippen molar-refractivity contribution in [1.29, 1.82) is 0 Å². The van der Waals surface area contributed by atoms with Gasteiger partial charge in [0, 0.05) is 39.7 Å². The van der Waals surface area contributed by atoms with Gasteiger partial charge in [-0.05, 0) is 17.5 Å². The van der Waals surface area contributed by atoms with E-state index in [4.69, 9.17) is 9.47 Å². The van der Waals surface area contributed by atoms with E-state index in [0.29, 0.717) is 18.0 Å². The molecular formula is C18H27F3IN3O2. The van der Waals surface area contributed by atoms with Crippen LogP contribution in [0.3, 0.4) is 0 Å². The average Bonchev–Trinajstić information content (AvgIpc) is 3.07. The zero-order valence-electron chi connectivity index (χ0n) is 15.6. The van der Waals surface area contributed by atoms with E-state index >= 15 is 0 Å². The Labute approximate surface area is 175 Å². The van der Waals surface area contributed by atoms with E-state index in [2.05, 4.69) is 15.2 Å². The Bertz CT molecular complexity index is 593. The molecule has 27 heavy (non-hydrogen) atoms. The molecule has 1 fully saturated rings. The highest BCUT2D eigenvalue weighted by Gasteiger charge is 2.27. The number of ether oxygens (including phenoxy) is 2. The van der Waals surface area contributed by atoms with Crippen LogP contribution in [0.5, 0.6) is 0 Å². The van der Waals surface area contributed by atoms with Crippen LogP contribution in [0.25, 0.3) is 0 Å². The molecular weight excluding hydrogens is 474 g/mol. The van der Waals surface area contributed by atoms with Crippen LogP contribution in [0.4, 0.5) is 13.2 Å². The average molecular weight is 501 g/mol. The maximum Gasteiger partial charge on any atom is 0.411 e. The molecule has 154 valence electrons. The van der Waals surface area contributed by atoms with Crippen LogP contribution in [0.2, 0.25) is 0 Å². The Morgan fingerprint density at radius 2 is 2.11 bits per heavy atom. The summed E-state index contributed by atoms with van der Waals surface area (Å²) in [5.74, 6) is 1.28. The molecule has 1 atom stereocenters. The molecule has 1 aliphatic heterocycles. The largest absolute Gasteiger partial charge is 0.411 e. The number of aliphatic imine (C=N–C) groups is 1. The summed E-state index contributed by atoms with van der Waals surface area (Å²) >= 11 is 0. The highest BCUT2D eigenvalue weighted by atomic mass is 127. The molecule has 0 aromatic heterocycles. The normalized spacial score (nSPS) is 17.5. The monoisotopic (exact) mass is 501 g/mol. The summed E-state index contributed by atoms with van der Waals surface area (Å²) in [6, 6.07) is 7.31. The van der Waals surface area contributed by atoms with Gasteiger partial charge in [-0.2, -0.15) is 13.2 Å². The summed E-state index contributed by atoms with van der Waals surface area (Å²) in [5.41, 5.74) is 1.66. The van der Waals surface area contributed by atoms with Crippen molar-refractivity contribution >= 4 is 29.9 Å². The predicted molar refractivity (Wildman–Crippen MR) is 109 cm³/mol. The molecule has 1 aromatic carbocycles. The summed E-state index contributed by atoms with van der Waals surface area (Å²) in [7, 11) is 3.71. The molecule has 1 saturated heterocycles. The Morgan fingerprint density at radius 3 is 2.74 bits per heavy atom. The van der Waals surface area contributed by atoms with Crippen LogP contribution in [-0.4, -0.2) is 57.5 Å². The highest BCUT2D eigenvalue weighted by Crippen LogP contribution is 2.16. The van der Waals surface area contributed by atoms with Gasteiger partial charge in [0.2, 0.25) is 0 Å². The number of rotatable bonds is 7. The van der Waals surface area contributed by atoms with Crippen LogP contribution in [0, 0.1) is 5.92 Å². The highest BCUT2D eigenvalue weighted by molar-refractivity contribution is 14.0. The predicted octanol–water partition coefficient (Wildman–Crippen LogP) is 3.43. The van der Waals surface area contributed by atoms with E-state index in [1.165, 1.54) is 0 Å². The molecule has 1 heterocycles. The third-order valence-corrected chi connectivity index (χ3v) is 4.11. The molecule has 1 unspecified atom stereocenters. The van der Waals surface area contributed by atoms with Crippen molar-refractivity contribution in [1.82, 2.24) is 10.2 Å². The Morgan fingerprint density at radius 1 is 1.37 bits per heavy atom. The fraction of sp³-hybridized carbons (Fsp3) is 0.611. The van der Waals surface area contributed by atoms with Crippen LogP contribution in [-0.2, 0) is 22.6 Å². The van der Waals surface area contributed by atoms with E-state index in [0.717, 1.165) is 37.7 Å². The maximum atomic E-state index is 12.1. The summed E-state index contributed by atoms with van der Waals surface area (Å²) in [5, 5.41) is 3.28. The lowest BCUT2D eigenvalue weighted by Crippen LogP contribution is -2.41. The number of hydrogen-bond acceptors (Lipinski definition) is 3. The molecule has 1 N–H and O–H groups in total. The van der Waals surface area contributed by atoms with Gasteiger partial charge in [0.25, 0.3) is 0 Å². The van der Waals surface area contributed by atoms with Gasteiger partial charge in [-0.15, -0.1) is 24.0 Å². The molecule has 9 heteroatoms. The van der Waals surface area contributed by atoms with Crippen molar-refractivity contribution in [2.24, 2.45) is 10.9 Å². The van der Waals surface area contributed by atoms with Crippen molar-refractivity contribution < 1.29 is 22.6 Å². The lowest BCUT2D eigenvalue weighted by Gasteiger charge is -2.24. The van der Waals surface area contributed by atoms with Gasteiger partial charge in [-0.3, -0.25) is 4.99 Å². The van der Waals surface area contributed by atoms with Gasteiger partial charge < -0.3 is 19.7 Å². The zero-order valence-corrected chi connectivity index (χ0v) is 17.9. The van der Waals surface area contributed by atoms with Crippen molar-refractivity contribution in [3.8, 4) is 0 Å². The Hall–Kier alpha value is -1.07. The second kappa shape index (κ2) is 11.7. The van der Waals surface area contributed by atoms with Gasteiger partial charge in [-0.25, -0.2) is 0 Å². The number of nitrogens with zero attached hydrogens (tertiary/aromatic N) is 2. The van der Waals surface area contributed by atoms with Crippen LogP contribution in [0.15, 0.2) is 29.3 Å². The van der Waals surface area contributed by atoms with Gasteiger partial charge in [-0.1, -0.05) is 24.3 Å². The number of benzene rings is 1. The SMILES string of the molecule is CN=C(NCc1cccc(COCC(F)(F)F)c1)N(C)CC1CCOC1.I. The number of guanidine groups is 1. The standard InChI is InChI=1S/C18H26F3N3O2.HI/c1-22-17(24(2)10-16-6-7-25-12-16)23-9-14-4-3-5-15(8-14)11-26-13-18(19,20)21;/h3-5,8,16H,6-7,9-13H2,1-2H3,(H,22,23);1H. The first-order chi connectivity index (χ1) is 12.4. The minimum atomic E-state index is -4.30. The third kappa shape index (κ3) is 9.11. The molecule has 0 amide bonds. The molecule has 0 aliphatic carbocycles. The molecule has 0 spiro atoms. The first kappa shape index (κ1) is 24.0. The Balaban J connectivity index is 0.00000364. The molecule has 2 rings (SSSR count). The molecule has 5 nitrogen and oxygen atoms in total. The summed E-state index contributed by atoms with van der Waals surface area (Å²) in [6.07, 6.45) is -3.25. The fourth-order valence-corrected chi connectivity index (χ4v) is 2.88. The maximum absolute atomic E-state index is 12.1. The first-order valence-electron chi connectivity index (χ1n) is 8.59. The number of halogens is 4. The van der Waals surface area contributed by atoms with Crippen LogP contribution >= 0.6 is 24.0 Å². The van der Waals surface area contributed by atoms with Crippen LogP contribution in [0.1, 0.15) is 17.5 Å². The van der Waals surface area contributed by atoms with Gasteiger partial charge in [0.15, 0.2) is 5.96 Å². The quantitative estimate of drug-likeness (QED) is 0.354. The molecule has 0 bridgehead atoms. The first-order valence-corrected chi connectivity index (χ1v) is 8.59. The van der Waals surface area contributed by atoms with E-state index in [1.54, 1.807) is 13.1 Å². The summed E-state index contributed by atoms with van der Waals surface area (Å²) in [4.78, 5) is 6.35. The molecule has 0 saturated carbocycles. The van der Waals surface area contributed by atoms with E-state index < -0.39 is 12.8 Å². The number of nitrogens with one attached hydrogen (secondary N) is 1. The number of alkyl halides is 3. The van der Waals surface area contributed by atoms with Gasteiger partial charge in [0.1, 0.15) is 6.61 Å². The van der Waals surface area contributed by atoms with Crippen molar-refractivity contribution in [2.75, 3.05) is 40.5 Å². The van der Waals surface area contributed by atoms with Crippen molar-refractivity contribution in [2.45, 2.75) is 25.7 Å². The van der Waals surface area contributed by atoms with Gasteiger partial charge >= 0.3 is 6.18 Å². The number of hydrogen-bond donors (Lipinski definition) is 1. The fourth-order valence-electron chi connectivity index (χ4n) is 2.88. The smallest absolute Gasteiger partial charge is 0.381 e. The summed E-state index contributed by atoms with van der Waals surface area (Å²) < 4.78 is 46.5. The molecule has 1 aliphatic rings. The van der Waals surface area contributed by atoms with Crippen LogP contribution < -0.4 is 5.32 Å². The minimum Gasteiger partial charge on any atom is -0.381 e. The van der Waals surface area contributed by atoms with E-state index in [1.807, 2.05) is 25.2 Å². The second-order valence-corrected chi connectivity index (χ2v) is 6.44. The molecule has 1 aromatic rings. The van der Waals surface area contributed by atoms with E-state index in [9.17, 15) is 13.2 Å². The lowest BCUT2D eigenvalue weighted by atomic mass is 10.1.